The maximum atomic E-state index is 11.3. The van der Waals surface area contributed by atoms with E-state index in [-0.39, 0.29) is 5.92 Å². The molecule has 3 rings (SSSR count). The Kier molecular flexibility index (Phi) is 7.34. The second-order valence-corrected chi connectivity index (χ2v) is 8.27. The number of nitrogens with zero attached hydrogens (tertiary/aromatic N) is 1. The highest BCUT2D eigenvalue weighted by molar-refractivity contribution is 7.11. The van der Waals surface area contributed by atoms with Gasteiger partial charge in [0, 0.05) is 23.5 Å². The van der Waals surface area contributed by atoms with Crippen LogP contribution in [0.15, 0.2) is 35.7 Å². The molecule has 0 radical (unpaired) electrons. The fourth-order valence-electron chi connectivity index (χ4n) is 3.92. The predicted octanol–water partition coefficient (Wildman–Crippen LogP) is 4.69. The molecule has 5 nitrogen and oxygen atoms in total. The van der Waals surface area contributed by atoms with Crippen LogP contribution in [0.25, 0.3) is 5.57 Å². The number of aliphatic carboxylic acids is 1. The number of carboxylic acids is 1. The Bertz CT molecular complexity index is 874. The zero-order valence-corrected chi connectivity index (χ0v) is 18.1. The molecule has 1 saturated heterocycles. The first-order valence-electron chi connectivity index (χ1n) is 9.96. The summed E-state index contributed by atoms with van der Waals surface area (Å²) in [5.41, 5.74) is 3.38. The minimum atomic E-state index is -0.679. The van der Waals surface area contributed by atoms with Crippen LogP contribution < -0.4 is 9.47 Å². The van der Waals surface area contributed by atoms with Crippen molar-refractivity contribution in [1.29, 1.82) is 0 Å². The Morgan fingerprint density at radius 3 is 2.79 bits per heavy atom. The summed E-state index contributed by atoms with van der Waals surface area (Å²) in [6.07, 6.45) is 4.82. The van der Waals surface area contributed by atoms with Crippen molar-refractivity contribution in [2.24, 2.45) is 5.92 Å². The van der Waals surface area contributed by atoms with E-state index in [1.165, 1.54) is 10.4 Å². The first-order chi connectivity index (χ1) is 14.0. The van der Waals surface area contributed by atoms with E-state index in [1.807, 2.05) is 12.1 Å². The molecule has 6 heteroatoms. The van der Waals surface area contributed by atoms with Crippen molar-refractivity contribution < 1.29 is 19.4 Å². The molecule has 0 bridgehead atoms. The van der Waals surface area contributed by atoms with E-state index < -0.39 is 5.97 Å². The van der Waals surface area contributed by atoms with Crippen LogP contribution in [-0.4, -0.2) is 49.8 Å². The molecular weight excluding hydrogens is 386 g/mol. The van der Waals surface area contributed by atoms with Crippen LogP contribution in [0.1, 0.15) is 35.3 Å². The van der Waals surface area contributed by atoms with Gasteiger partial charge in [-0.1, -0.05) is 18.2 Å². The number of piperidine rings is 1. The van der Waals surface area contributed by atoms with E-state index in [0.29, 0.717) is 12.3 Å². The van der Waals surface area contributed by atoms with Gasteiger partial charge in [-0.25, -0.2) is 0 Å². The van der Waals surface area contributed by atoms with E-state index in [0.717, 1.165) is 49.2 Å². The van der Waals surface area contributed by atoms with Crippen LogP contribution in [-0.2, 0) is 4.79 Å². The summed E-state index contributed by atoms with van der Waals surface area (Å²) in [7, 11) is 3.32. The zero-order valence-electron chi connectivity index (χ0n) is 17.3. The Labute approximate surface area is 176 Å². The lowest BCUT2D eigenvalue weighted by atomic mass is 9.97. The van der Waals surface area contributed by atoms with Gasteiger partial charge in [-0.2, -0.15) is 0 Å². The highest BCUT2D eigenvalue weighted by Crippen LogP contribution is 2.40. The highest BCUT2D eigenvalue weighted by atomic mass is 32.1. The van der Waals surface area contributed by atoms with E-state index >= 15 is 0 Å². The molecule has 1 aromatic heterocycles. The van der Waals surface area contributed by atoms with Crippen LogP contribution in [0.3, 0.4) is 0 Å². The third-order valence-electron chi connectivity index (χ3n) is 5.45. The molecule has 2 heterocycles. The monoisotopic (exact) mass is 415 g/mol. The number of aryl methyl sites for hydroxylation is 1. The predicted molar refractivity (Wildman–Crippen MR) is 117 cm³/mol. The third-order valence-corrected chi connectivity index (χ3v) is 6.50. The molecule has 29 heavy (non-hydrogen) atoms. The van der Waals surface area contributed by atoms with Crippen molar-refractivity contribution in [3.05, 3.63) is 51.7 Å². The summed E-state index contributed by atoms with van der Waals surface area (Å²) in [6, 6.07) is 8.08. The molecule has 1 unspecified atom stereocenters. The van der Waals surface area contributed by atoms with E-state index in [2.05, 4.69) is 35.4 Å². The number of carboxylic acid groups (broad SMARTS) is 1. The number of para-hydroxylation sites is 1. The number of hydrogen-bond donors (Lipinski definition) is 1. The van der Waals surface area contributed by atoms with Gasteiger partial charge in [0.15, 0.2) is 11.5 Å². The summed E-state index contributed by atoms with van der Waals surface area (Å²) in [6.45, 7) is 4.57. The van der Waals surface area contributed by atoms with Crippen LogP contribution in [0, 0.1) is 12.8 Å². The standard InChI is InChI=1S/C23H29NO4S/c1-16-11-14-29-22(16)19(18-8-4-10-20(27-2)21(18)28-3)9-6-13-24-12-5-7-17(15-24)23(25)26/h4,8-11,14,17H,5-7,12-13,15H2,1-3H3,(H,25,26). The smallest absolute Gasteiger partial charge is 0.307 e. The Hall–Kier alpha value is -2.31. The first-order valence-corrected chi connectivity index (χ1v) is 10.8. The van der Waals surface area contributed by atoms with Gasteiger partial charge >= 0.3 is 5.97 Å². The van der Waals surface area contributed by atoms with E-state index in [4.69, 9.17) is 9.47 Å². The van der Waals surface area contributed by atoms with Crippen molar-refractivity contribution in [3.8, 4) is 11.5 Å². The normalized spacial score (nSPS) is 17.9. The maximum Gasteiger partial charge on any atom is 0.307 e. The second kappa shape index (κ2) is 9.94. The number of carbonyl (C=O) groups is 1. The average molecular weight is 416 g/mol. The number of ether oxygens (including phenoxy) is 2. The number of methoxy groups -OCH3 is 2. The molecule has 156 valence electrons. The van der Waals surface area contributed by atoms with Crippen molar-refractivity contribution in [2.45, 2.75) is 26.2 Å². The SMILES string of the molecule is COc1cccc(C(=CCCN2CCCC(C(=O)O)C2)c2sccc2C)c1OC. The summed E-state index contributed by atoms with van der Waals surface area (Å²) >= 11 is 1.72. The van der Waals surface area contributed by atoms with Gasteiger partial charge in [-0.05, 0) is 61.4 Å². The Morgan fingerprint density at radius 1 is 1.31 bits per heavy atom. The van der Waals surface area contributed by atoms with Gasteiger partial charge in [-0.15, -0.1) is 11.3 Å². The average Bonchev–Trinajstić information content (AvgIpc) is 3.16. The lowest BCUT2D eigenvalue weighted by molar-refractivity contribution is -0.143. The van der Waals surface area contributed by atoms with Crippen molar-refractivity contribution in [1.82, 2.24) is 4.90 Å². The third kappa shape index (κ3) is 5.00. The molecule has 1 atom stereocenters. The highest BCUT2D eigenvalue weighted by Gasteiger charge is 2.25. The van der Waals surface area contributed by atoms with Gasteiger partial charge < -0.3 is 19.5 Å². The van der Waals surface area contributed by atoms with E-state index in [1.54, 1.807) is 25.6 Å². The number of benzene rings is 1. The van der Waals surface area contributed by atoms with Gasteiger partial charge in [0.1, 0.15) is 0 Å². The minimum Gasteiger partial charge on any atom is -0.493 e. The van der Waals surface area contributed by atoms with Crippen molar-refractivity contribution >= 4 is 22.9 Å². The van der Waals surface area contributed by atoms with Gasteiger partial charge in [0.25, 0.3) is 0 Å². The van der Waals surface area contributed by atoms with Crippen LogP contribution in [0.4, 0.5) is 0 Å². The maximum absolute atomic E-state index is 11.3. The molecule has 2 aromatic rings. The van der Waals surface area contributed by atoms with E-state index in [9.17, 15) is 9.90 Å². The van der Waals surface area contributed by atoms with Gasteiger partial charge in [0.2, 0.25) is 0 Å². The van der Waals surface area contributed by atoms with Crippen molar-refractivity contribution in [2.75, 3.05) is 33.9 Å². The molecule has 1 aliphatic heterocycles. The lowest BCUT2D eigenvalue weighted by Gasteiger charge is -2.30. The minimum absolute atomic E-state index is 0.245. The zero-order chi connectivity index (χ0) is 20.8. The van der Waals surface area contributed by atoms with Gasteiger partial charge in [-0.3, -0.25) is 4.79 Å². The molecular formula is C23H29NO4S. The molecule has 1 fully saturated rings. The molecule has 1 N–H and O–H groups in total. The summed E-state index contributed by atoms with van der Waals surface area (Å²) in [4.78, 5) is 14.8. The quantitative estimate of drug-likeness (QED) is 0.678. The van der Waals surface area contributed by atoms with Crippen molar-refractivity contribution in [3.63, 3.8) is 0 Å². The largest absolute Gasteiger partial charge is 0.493 e. The number of likely N-dealkylation sites (tertiary alicyclic amines) is 1. The Balaban J connectivity index is 1.86. The summed E-state index contributed by atoms with van der Waals surface area (Å²) in [5, 5.41) is 11.4. The fraction of sp³-hybridized carbons (Fsp3) is 0.435. The Morgan fingerprint density at radius 2 is 2.14 bits per heavy atom. The second-order valence-electron chi connectivity index (χ2n) is 7.36. The first kappa shape index (κ1) is 21.4. The topological polar surface area (TPSA) is 59.0 Å². The molecule has 0 spiro atoms. The van der Waals surface area contributed by atoms with Gasteiger partial charge in [0.05, 0.1) is 20.1 Å². The number of rotatable bonds is 8. The molecule has 0 amide bonds. The summed E-state index contributed by atoms with van der Waals surface area (Å²) < 4.78 is 11.2. The molecule has 1 aliphatic rings. The molecule has 0 aliphatic carbocycles. The lowest BCUT2D eigenvalue weighted by Crippen LogP contribution is -2.39. The summed E-state index contributed by atoms with van der Waals surface area (Å²) in [5.74, 6) is 0.523. The number of thiophene rings is 1. The fourth-order valence-corrected chi connectivity index (χ4v) is 4.91. The molecule has 1 aromatic carbocycles. The van der Waals surface area contributed by atoms with Crippen LogP contribution in [0.5, 0.6) is 11.5 Å². The molecule has 0 saturated carbocycles. The van der Waals surface area contributed by atoms with Crippen LogP contribution >= 0.6 is 11.3 Å². The van der Waals surface area contributed by atoms with Crippen LogP contribution in [0.2, 0.25) is 0 Å². The number of hydrogen-bond acceptors (Lipinski definition) is 5.